The Morgan fingerprint density at radius 1 is 1.40 bits per heavy atom. The van der Waals surface area contributed by atoms with Gasteiger partial charge in [-0.25, -0.2) is 0 Å². The Morgan fingerprint density at radius 3 is 1.90 bits per heavy atom. The molecule has 62 valence electrons. The number of rotatable bonds is 2. The van der Waals surface area contributed by atoms with Gasteiger partial charge in [-0.2, -0.15) is 13.2 Å². The molecule has 0 aromatic carbocycles. The average molecular weight is 156 g/mol. The number of hydrogen-bond acceptors (Lipinski definition) is 1. The van der Waals surface area contributed by atoms with Gasteiger partial charge in [0.15, 0.2) is 5.60 Å². The SMILES string of the molecule is CC(O)(CC[NH-])C(F)(F)F. The summed E-state index contributed by atoms with van der Waals surface area (Å²) in [6, 6.07) is 0. The van der Waals surface area contributed by atoms with E-state index < -0.39 is 24.7 Å². The molecule has 2 nitrogen and oxygen atoms in total. The lowest BCUT2D eigenvalue weighted by Gasteiger charge is -2.26. The number of halogens is 3. The molecule has 0 aliphatic heterocycles. The Balaban J connectivity index is 4.10. The normalized spacial score (nSPS) is 18.6. The molecule has 0 spiro atoms. The molecule has 0 heterocycles. The molecule has 0 aliphatic carbocycles. The smallest absolute Gasteiger partial charge is 0.416 e. The topological polar surface area (TPSA) is 44.0 Å². The molecule has 1 atom stereocenters. The van der Waals surface area contributed by atoms with Crippen LogP contribution >= 0.6 is 0 Å². The molecule has 0 fully saturated rings. The van der Waals surface area contributed by atoms with E-state index in [1.165, 1.54) is 0 Å². The lowest BCUT2D eigenvalue weighted by atomic mass is 10.0. The fourth-order valence-electron chi connectivity index (χ4n) is 0.385. The highest BCUT2D eigenvalue weighted by Crippen LogP contribution is 2.32. The van der Waals surface area contributed by atoms with Crippen LogP contribution in [0.15, 0.2) is 0 Å². The third-order valence-electron chi connectivity index (χ3n) is 1.22. The fraction of sp³-hybridized carbons (Fsp3) is 1.00. The summed E-state index contributed by atoms with van der Waals surface area (Å²) in [6.45, 7) is 0.244. The van der Waals surface area contributed by atoms with Crippen molar-refractivity contribution in [1.82, 2.24) is 0 Å². The molecule has 1 unspecified atom stereocenters. The van der Waals surface area contributed by atoms with Crippen molar-refractivity contribution in [1.29, 1.82) is 0 Å². The van der Waals surface area contributed by atoms with Gasteiger partial charge in [-0.1, -0.05) is 0 Å². The van der Waals surface area contributed by atoms with Crippen molar-refractivity contribution in [3.8, 4) is 0 Å². The molecule has 2 N–H and O–H groups in total. The maximum Gasteiger partial charge on any atom is 0.416 e. The van der Waals surface area contributed by atoms with Crippen LogP contribution in [0.3, 0.4) is 0 Å². The van der Waals surface area contributed by atoms with Gasteiger partial charge in [-0.15, -0.1) is 6.54 Å². The summed E-state index contributed by atoms with van der Waals surface area (Å²) in [6.07, 6.45) is -5.19. The summed E-state index contributed by atoms with van der Waals surface area (Å²) in [5.41, 5.74) is 3.78. The van der Waals surface area contributed by atoms with E-state index in [-0.39, 0.29) is 0 Å². The van der Waals surface area contributed by atoms with Gasteiger partial charge < -0.3 is 10.8 Å². The van der Waals surface area contributed by atoms with Crippen LogP contribution in [-0.4, -0.2) is 23.4 Å². The van der Waals surface area contributed by atoms with Crippen molar-refractivity contribution >= 4 is 0 Å². The zero-order chi connectivity index (χ0) is 8.41. The molecule has 5 heteroatoms. The minimum atomic E-state index is -4.62. The molecular formula is C5H9F3NO-. The Bertz CT molecular complexity index is 110. The molecule has 0 saturated carbocycles. The zero-order valence-electron chi connectivity index (χ0n) is 5.50. The van der Waals surface area contributed by atoms with Gasteiger partial charge in [0.1, 0.15) is 0 Å². The third kappa shape index (κ3) is 2.15. The van der Waals surface area contributed by atoms with Crippen molar-refractivity contribution in [2.24, 2.45) is 0 Å². The molecule has 0 aliphatic rings. The molecule has 0 radical (unpaired) electrons. The van der Waals surface area contributed by atoms with Gasteiger partial charge in [0.05, 0.1) is 0 Å². The van der Waals surface area contributed by atoms with E-state index in [4.69, 9.17) is 10.8 Å². The monoisotopic (exact) mass is 156 g/mol. The van der Waals surface area contributed by atoms with Gasteiger partial charge in [0.25, 0.3) is 0 Å². The van der Waals surface area contributed by atoms with Gasteiger partial charge in [0, 0.05) is 0 Å². The Labute approximate surface area is 56.8 Å². The predicted octanol–water partition coefficient (Wildman–Crippen LogP) is 1.74. The van der Waals surface area contributed by atoms with Crippen molar-refractivity contribution in [2.75, 3.05) is 6.54 Å². The van der Waals surface area contributed by atoms with Crippen LogP contribution in [0.2, 0.25) is 0 Å². The highest BCUT2D eigenvalue weighted by molar-refractivity contribution is 4.82. The van der Waals surface area contributed by atoms with E-state index in [0.29, 0.717) is 6.92 Å². The summed E-state index contributed by atoms with van der Waals surface area (Å²) in [5.74, 6) is 0. The molecule has 0 saturated heterocycles. The van der Waals surface area contributed by atoms with Crippen molar-refractivity contribution in [3.05, 3.63) is 5.73 Å². The second-order valence-corrected chi connectivity index (χ2v) is 2.27. The molecule has 0 rings (SSSR count). The second kappa shape index (κ2) is 2.75. The van der Waals surface area contributed by atoms with E-state index in [9.17, 15) is 13.2 Å². The summed E-state index contributed by atoms with van der Waals surface area (Å²) in [4.78, 5) is 0. The minimum absolute atomic E-state index is 0.424. The lowest BCUT2D eigenvalue weighted by molar-refractivity contribution is -0.253. The van der Waals surface area contributed by atoms with Crippen molar-refractivity contribution < 1.29 is 18.3 Å². The van der Waals surface area contributed by atoms with Gasteiger partial charge in [-0.05, 0) is 13.3 Å². The zero-order valence-corrected chi connectivity index (χ0v) is 5.50. The lowest BCUT2D eigenvalue weighted by Crippen LogP contribution is -2.42. The summed E-state index contributed by atoms with van der Waals surface area (Å²) >= 11 is 0. The molecular weight excluding hydrogens is 147 g/mol. The Morgan fingerprint density at radius 2 is 1.80 bits per heavy atom. The number of nitrogens with one attached hydrogen (secondary N) is 1. The fourth-order valence-corrected chi connectivity index (χ4v) is 0.385. The molecule has 0 amide bonds. The van der Waals surface area contributed by atoms with Crippen LogP contribution in [0.5, 0.6) is 0 Å². The van der Waals surface area contributed by atoms with Gasteiger partial charge in [-0.3, -0.25) is 0 Å². The van der Waals surface area contributed by atoms with Crippen LogP contribution in [-0.2, 0) is 0 Å². The van der Waals surface area contributed by atoms with Crippen molar-refractivity contribution in [2.45, 2.75) is 25.1 Å². The molecule has 0 aromatic heterocycles. The largest absolute Gasteiger partial charge is 0.677 e. The first-order valence-electron chi connectivity index (χ1n) is 2.75. The predicted molar refractivity (Wildman–Crippen MR) is 30.5 cm³/mol. The van der Waals surface area contributed by atoms with Crippen LogP contribution < -0.4 is 0 Å². The number of alkyl halides is 3. The Hall–Kier alpha value is -0.290. The standard InChI is InChI=1S/C5H9F3NO/c1-4(10,2-3-9)5(6,7)8/h9-10H,2-3H2,1H3/q-1. The van der Waals surface area contributed by atoms with Crippen LogP contribution in [0.4, 0.5) is 13.2 Å². The summed E-state index contributed by atoms with van der Waals surface area (Å²) < 4.78 is 35.1. The van der Waals surface area contributed by atoms with Gasteiger partial charge in [0.2, 0.25) is 0 Å². The average Bonchev–Trinajstić information content (AvgIpc) is 1.61. The van der Waals surface area contributed by atoms with E-state index in [0.717, 1.165) is 0 Å². The van der Waals surface area contributed by atoms with Crippen molar-refractivity contribution in [3.63, 3.8) is 0 Å². The van der Waals surface area contributed by atoms with Crippen LogP contribution in [0.25, 0.3) is 5.73 Å². The highest BCUT2D eigenvalue weighted by Gasteiger charge is 2.48. The minimum Gasteiger partial charge on any atom is -0.677 e. The molecule has 0 aromatic rings. The highest BCUT2D eigenvalue weighted by atomic mass is 19.4. The third-order valence-corrected chi connectivity index (χ3v) is 1.22. The number of hydrogen-bond donors (Lipinski definition) is 1. The number of aliphatic hydroxyl groups is 1. The van der Waals surface area contributed by atoms with E-state index in [1.54, 1.807) is 0 Å². The second-order valence-electron chi connectivity index (χ2n) is 2.27. The maximum atomic E-state index is 11.7. The summed E-state index contributed by atoms with van der Waals surface area (Å²) in [5, 5.41) is 8.61. The van der Waals surface area contributed by atoms with Crippen LogP contribution in [0, 0.1) is 0 Å². The van der Waals surface area contributed by atoms with E-state index >= 15 is 0 Å². The Kier molecular flexibility index (Phi) is 2.67. The molecule has 10 heavy (non-hydrogen) atoms. The first-order valence-corrected chi connectivity index (χ1v) is 2.75. The quantitative estimate of drug-likeness (QED) is 0.650. The van der Waals surface area contributed by atoms with E-state index in [2.05, 4.69) is 0 Å². The first kappa shape index (κ1) is 9.71. The van der Waals surface area contributed by atoms with Gasteiger partial charge >= 0.3 is 6.18 Å². The maximum absolute atomic E-state index is 11.7. The molecule has 0 bridgehead atoms. The van der Waals surface area contributed by atoms with Crippen LogP contribution in [0.1, 0.15) is 13.3 Å². The summed E-state index contributed by atoms with van der Waals surface area (Å²) in [7, 11) is 0. The van der Waals surface area contributed by atoms with E-state index in [1.807, 2.05) is 0 Å². The first-order chi connectivity index (χ1) is 4.31.